The molecule has 0 bridgehead atoms. The van der Waals surface area contributed by atoms with Gasteiger partial charge in [0.05, 0.1) is 0 Å². The summed E-state index contributed by atoms with van der Waals surface area (Å²) in [4.78, 5) is 2.80. The highest BCUT2D eigenvalue weighted by molar-refractivity contribution is 7.11. The zero-order valence-electron chi connectivity index (χ0n) is 14.4. The van der Waals surface area contributed by atoms with Gasteiger partial charge in [-0.25, -0.2) is 0 Å². The molecule has 0 spiro atoms. The topological polar surface area (TPSA) is 13.1 Å². The second-order valence-electron chi connectivity index (χ2n) is 5.47. The van der Waals surface area contributed by atoms with Crippen molar-refractivity contribution >= 4 is 11.3 Å². The molecule has 1 aromatic carbocycles. The van der Waals surface area contributed by atoms with Crippen LogP contribution in [0.25, 0.3) is 0 Å². The quantitative estimate of drug-likeness (QED) is 0.457. The second-order valence-corrected chi connectivity index (χ2v) is 6.96. The van der Waals surface area contributed by atoms with Crippen LogP contribution >= 0.6 is 11.3 Å². The van der Waals surface area contributed by atoms with Gasteiger partial charge in [-0.1, -0.05) is 35.4 Å². The summed E-state index contributed by atoms with van der Waals surface area (Å²) in [6, 6.07) is 16.7. The summed E-state index contributed by atoms with van der Waals surface area (Å²) in [7, 11) is 0. The second kappa shape index (κ2) is 9.26. The Hall–Kier alpha value is -1.80. The minimum atomic E-state index is 0.984. The summed E-state index contributed by atoms with van der Waals surface area (Å²) in [5, 5.41) is 0. The predicted molar refractivity (Wildman–Crippen MR) is 97.9 cm³/mol. The fourth-order valence-corrected chi connectivity index (χ4v) is 2.53. The van der Waals surface area contributed by atoms with Crippen molar-refractivity contribution in [1.82, 2.24) is 0 Å². The van der Waals surface area contributed by atoms with Crippen LogP contribution in [0.1, 0.15) is 32.4 Å². The molecule has 1 nitrogen and oxygen atoms in total. The predicted octanol–water partition coefficient (Wildman–Crippen LogP) is 6.56. The number of hydrogen-bond donors (Lipinski definition) is 0. The van der Waals surface area contributed by atoms with Crippen LogP contribution in [-0.4, -0.2) is 0 Å². The summed E-state index contributed by atoms with van der Waals surface area (Å²) >= 11 is 1.84. The van der Waals surface area contributed by atoms with Crippen LogP contribution in [-0.2, 0) is 0 Å². The molecule has 3 aromatic rings. The van der Waals surface area contributed by atoms with Crippen molar-refractivity contribution < 1.29 is 4.42 Å². The largest absolute Gasteiger partial charge is 0.467 e. The number of benzene rings is 1. The molecule has 0 fully saturated rings. The highest BCUT2D eigenvalue weighted by Gasteiger charge is 1.86. The highest BCUT2D eigenvalue weighted by atomic mass is 32.1. The van der Waals surface area contributed by atoms with Crippen LogP contribution in [0.2, 0.25) is 0 Å². The van der Waals surface area contributed by atoms with E-state index in [0.29, 0.717) is 0 Å². The molecule has 0 unspecified atom stereocenters. The monoisotopic (exact) mass is 314 g/mol. The molecular formula is C20H26OS. The minimum absolute atomic E-state index is 0.984. The van der Waals surface area contributed by atoms with Gasteiger partial charge in [0.15, 0.2) is 0 Å². The van der Waals surface area contributed by atoms with Crippen molar-refractivity contribution in [2.24, 2.45) is 0 Å². The van der Waals surface area contributed by atoms with Gasteiger partial charge in [0.25, 0.3) is 0 Å². The van der Waals surface area contributed by atoms with Crippen molar-refractivity contribution in [1.29, 1.82) is 0 Å². The van der Waals surface area contributed by atoms with Gasteiger partial charge in [-0.15, -0.1) is 11.3 Å². The molecule has 2 aromatic heterocycles. The van der Waals surface area contributed by atoms with Gasteiger partial charge in [0.1, 0.15) is 11.5 Å². The van der Waals surface area contributed by atoms with Gasteiger partial charge in [0.2, 0.25) is 0 Å². The maximum atomic E-state index is 5.08. The Kier molecular flexibility index (Phi) is 7.69. The Bertz CT molecular complexity index is 567. The van der Waals surface area contributed by atoms with Crippen molar-refractivity contribution in [3.05, 3.63) is 80.9 Å². The van der Waals surface area contributed by atoms with Gasteiger partial charge in [0, 0.05) is 9.75 Å². The molecule has 0 aliphatic carbocycles. The third-order valence-corrected chi connectivity index (χ3v) is 3.88. The first kappa shape index (κ1) is 18.2. The molecule has 118 valence electrons. The van der Waals surface area contributed by atoms with E-state index < -0.39 is 0 Å². The number of rotatable bonds is 0. The van der Waals surface area contributed by atoms with Crippen LogP contribution < -0.4 is 0 Å². The molecule has 22 heavy (non-hydrogen) atoms. The van der Waals surface area contributed by atoms with E-state index in [1.807, 2.05) is 37.3 Å². The van der Waals surface area contributed by atoms with Crippen molar-refractivity contribution in [2.45, 2.75) is 41.5 Å². The summed E-state index contributed by atoms with van der Waals surface area (Å²) in [5.74, 6) is 1.97. The van der Waals surface area contributed by atoms with E-state index in [1.54, 1.807) is 0 Å². The van der Waals surface area contributed by atoms with Crippen molar-refractivity contribution in [2.75, 3.05) is 0 Å². The van der Waals surface area contributed by atoms with Gasteiger partial charge >= 0.3 is 0 Å². The van der Waals surface area contributed by atoms with Gasteiger partial charge < -0.3 is 4.42 Å². The zero-order valence-corrected chi connectivity index (χ0v) is 15.3. The molecule has 0 aliphatic heterocycles. The van der Waals surface area contributed by atoms with E-state index in [2.05, 4.69) is 64.1 Å². The molecule has 0 radical (unpaired) electrons. The fraction of sp³-hybridized carbons (Fsp3) is 0.300. The van der Waals surface area contributed by atoms with Crippen LogP contribution in [0, 0.1) is 41.5 Å². The van der Waals surface area contributed by atoms with E-state index in [0.717, 1.165) is 11.5 Å². The zero-order chi connectivity index (χ0) is 16.5. The van der Waals surface area contributed by atoms with E-state index in [1.165, 1.54) is 20.9 Å². The molecule has 0 saturated carbocycles. The SMILES string of the molecule is Cc1ccc(C)cc1.Cc1ccc(C)o1.Cc1ccc(C)s1. The minimum Gasteiger partial charge on any atom is -0.467 e. The number of hydrogen-bond acceptors (Lipinski definition) is 2. The normalized spacial score (nSPS) is 9.36. The van der Waals surface area contributed by atoms with E-state index >= 15 is 0 Å². The number of aryl methyl sites for hydroxylation is 6. The van der Waals surface area contributed by atoms with Crippen LogP contribution in [0.3, 0.4) is 0 Å². The van der Waals surface area contributed by atoms with Crippen molar-refractivity contribution in [3.63, 3.8) is 0 Å². The van der Waals surface area contributed by atoms with Crippen LogP contribution in [0.15, 0.2) is 52.9 Å². The lowest BCUT2D eigenvalue weighted by Crippen LogP contribution is -1.70. The highest BCUT2D eigenvalue weighted by Crippen LogP contribution is 2.12. The number of thiophene rings is 1. The molecule has 0 atom stereocenters. The third kappa shape index (κ3) is 7.84. The number of furan rings is 1. The smallest absolute Gasteiger partial charge is 0.101 e. The first-order chi connectivity index (χ1) is 10.4. The summed E-state index contributed by atoms with van der Waals surface area (Å²) in [6.07, 6.45) is 0. The average Bonchev–Trinajstić information content (AvgIpc) is 3.02. The fourth-order valence-electron chi connectivity index (χ4n) is 1.75. The molecule has 0 amide bonds. The van der Waals surface area contributed by atoms with Gasteiger partial charge in [-0.3, -0.25) is 0 Å². The molecule has 2 heterocycles. The molecular weight excluding hydrogens is 288 g/mol. The first-order valence-electron chi connectivity index (χ1n) is 7.46. The summed E-state index contributed by atoms with van der Waals surface area (Å²) in [5.41, 5.74) is 2.66. The maximum Gasteiger partial charge on any atom is 0.101 e. The van der Waals surface area contributed by atoms with E-state index in [-0.39, 0.29) is 0 Å². The lowest BCUT2D eigenvalue weighted by Gasteiger charge is -1.90. The Morgan fingerprint density at radius 2 is 0.909 bits per heavy atom. The molecule has 0 aliphatic rings. The molecule has 3 rings (SSSR count). The Morgan fingerprint density at radius 1 is 0.545 bits per heavy atom. The maximum absolute atomic E-state index is 5.08. The van der Waals surface area contributed by atoms with Crippen LogP contribution in [0.4, 0.5) is 0 Å². The average molecular weight is 314 g/mol. The van der Waals surface area contributed by atoms with Crippen LogP contribution in [0.5, 0.6) is 0 Å². The van der Waals surface area contributed by atoms with Gasteiger partial charge in [-0.05, 0) is 65.8 Å². The Balaban J connectivity index is 0.000000166. The van der Waals surface area contributed by atoms with Gasteiger partial charge in [-0.2, -0.15) is 0 Å². The summed E-state index contributed by atoms with van der Waals surface area (Å²) < 4.78 is 5.08. The Morgan fingerprint density at radius 3 is 1.09 bits per heavy atom. The lowest BCUT2D eigenvalue weighted by molar-refractivity contribution is 0.504. The Labute approximate surface area is 138 Å². The van der Waals surface area contributed by atoms with E-state index in [4.69, 9.17) is 4.42 Å². The lowest BCUT2D eigenvalue weighted by atomic mass is 10.2. The molecule has 2 heteroatoms. The summed E-state index contributed by atoms with van der Waals surface area (Å²) in [6.45, 7) is 12.3. The third-order valence-electron chi connectivity index (χ3n) is 2.97. The van der Waals surface area contributed by atoms with Crippen molar-refractivity contribution in [3.8, 4) is 0 Å². The van der Waals surface area contributed by atoms with E-state index in [9.17, 15) is 0 Å². The first-order valence-corrected chi connectivity index (χ1v) is 8.28. The standard InChI is InChI=1S/C8H10.C6H8O.C6H8S/c1-7-3-5-8(2)6-4-7;2*1-5-3-4-6(2)7-5/h3-6H,1-2H3;2*3-4H,1-2H3. The molecule has 0 N–H and O–H groups in total. The molecule has 0 saturated heterocycles.